The SMILES string of the molecule is Cn1cc(O[C@@H]2COC[C@@H]2NC(=O)c2cnccn2)cn1. The van der Waals surface area contributed by atoms with Crippen molar-refractivity contribution < 1.29 is 14.3 Å². The summed E-state index contributed by atoms with van der Waals surface area (Å²) in [6, 6.07) is -0.236. The lowest BCUT2D eigenvalue weighted by Crippen LogP contribution is -2.45. The van der Waals surface area contributed by atoms with Gasteiger partial charge in [0.15, 0.2) is 5.75 Å². The van der Waals surface area contributed by atoms with Crippen molar-refractivity contribution in [2.75, 3.05) is 13.2 Å². The number of rotatable bonds is 4. The number of aryl methyl sites for hydroxylation is 1. The molecule has 0 aromatic carbocycles. The van der Waals surface area contributed by atoms with Gasteiger partial charge in [-0.15, -0.1) is 0 Å². The van der Waals surface area contributed by atoms with Crippen LogP contribution in [0.15, 0.2) is 31.0 Å². The van der Waals surface area contributed by atoms with Gasteiger partial charge in [0.25, 0.3) is 5.91 Å². The number of nitrogens with one attached hydrogen (secondary N) is 1. The van der Waals surface area contributed by atoms with E-state index in [1.54, 1.807) is 17.1 Å². The van der Waals surface area contributed by atoms with E-state index in [4.69, 9.17) is 9.47 Å². The zero-order chi connectivity index (χ0) is 14.7. The van der Waals surface area contributed by atoms with Crippen LogP contribution in [0.1, 0.15) is 10.5 Å². The first-order valence-electron chi connectivity index (χ1n) is 6.52. The summed E-state index contributed by atoms with van der Waals surface area (Å²) in [5, 5.41) is 6.89. The van der Waals surface area contributed by atoms with Gasteiger partial charge in [0.1, 0.15) is 11.8 Å². The van der Waals surface area contributed by atoms with Gasteiger partial charge in [-0.1, -0.05) is 0 Å². The van der Waals surface area contributed by atoms with E-state index >= 15 is 0 Å². The lowest BCUT2D eigenvalue weighted by molar-refractivity contribution is 0.0898. The van der Waals surface area contributed by atoms with Crippen LogP contribution in [0.3, 0.4) is 0 Å². The lowest BCUT2D eigenvalue weighted by Gasteiger charge is -2.19. The first kappa shape index (κ1) is 13.5. The molecule has 0 unspecified atom stereocenters. The number of hydrogen-bond donors (Lipinski definition) is 1. The fourth-order valence-electron chi connectivity index (χ4n) is 2.08. The molecule has 2 aromatic heterocycles. The number of amides is 1. The van der Waals surface area contributed by atoms with Crippen LogP contribution in [0.5, 0.6) is 5.75 Å². The van der Waals surface area contributed by atoms with Gasteiger partial charge in [-0.2, -0.15) is 5.10 Å². The zero-order valence-corrected chi connectivity index (χ0v) is 11.5. The summed E-state index contributed by atoms with van der Waals surface area (Å²) in [5.41, 5.74) is 0.268. The van der Waals surface area contributed by atoms with E-state index in [1.165, 1.54) is 18.6 Å². The van der Waals surface area contributed by atoms with Gasteiger partial charge in [0.05, 0.1) is 37.8 Å². The molecule has 8 heteroatoms. The van der Waals surface area contributed by atoms with Crippen LogP contribution in [-0.2, 0) is 11.8 Å². The molecule has 1 N–H and O–H groups in total. The molecule has 8 nitrogen and oxygen atoms in total. The number of carbonyl (C=O) groups is 1. The molecule has 0 bridgehead atoms. The second kappa shape index (κ2) is 5.88. The van der Waals surface area contributed by atoms with Crippen LogP contribution in [0.2, 0.25) is 0 Å². The molecule has 0 saturated carbocycles. The second-order valence-corrected chi connectivity index (χ2v) is 4.71. The van der Waals surface area contributed by atoms with E-state index in [0.29, 0.717) is 19.0 Å². The molecular weight excluding hydrogens is 274 g/mol. The fourth-order valence-corrected chi connectivity index (χ4v) is 2.08. The lowest BCUT2D eigenvalue weighted by atomic mass is 10.2. The van der Waals surface area contributed by atoms with E-state index < -0.39 is 0 Å². The summed E-state index contributed by atoms with van der Waals surface area (Å²) in [4.78, 5) is 19.9. The molecule has 1 amide bonds. The quantitative estimate of drug-likeness (QED) is 0.837. The molecule has 1 fully saturated rings. The van der Waals surface area contributed by atoms with Gasteiger partial charge in [0, 0.05) is 19.4 Å². The Labute approximate surface area is 121 Å². The Morgan fingerprint density at radius 2 is 2.33 bits per heavy atom. The number of aromatic nitrogens is 4. The van der Waals surface area contributed by atoms with E-state index in [1.807, 2.05) is 7.05 Å². The van der Waals surface area contributed by atoms with E-state index in [-0.39, 0.29) is 23.7 Å². The molecule has 110 valence electrons. The molecule has 3 heterocycles. The first-order chi connectivity index (χ1) is 10.2. The van der Waals surface area contributed by atoms with Gasteiger partial charge in [-0.25, -0.2) is 4.98 Å². The third-order valence-electron chi connectivity index (χ3n) is 3.11. The predicted octanol–water partition coefficient (Wildman–Crippen LogP) is -0.214. The summed E-state index contributed by atoms with van der Waals surface area (Å²) in [6.45, 7) is 0.817. The van der Waals surface area contributed by atoms with Crippen molar-refractivity contribution in [1.82, 2.24) is 25.1 Å². The average Bonchev–Trinajstić information content (AvgIpc) is 3.10. The third-order valence-corrected chi connectivity index (χ3v) is 3.11. The number of nitrogens with zero attached hydrogens (tertiary/aromatic N) is 4. The maximum absolute atomic E-state index is 12.1. The van der Waals surface area contributed by atoms with E-state index in [9.17, 15) is 4.79 Å². The van der Waals surface area contributed by atoms with Crippen molar-refractivity contribution >= 4 is 5.91 Å². The number of ether oxygens (including phenoxy) is 2. The van der Waals surface area contributed by atoms with Crippen molar-refractivity contribution in [3.05, 3.63) is 36.7 Å². The predicted molar refractivity (Wildman–Crippen MR) is 71.7 cm³/mol. The topological polar surface area (TPSA) is 91.2 Å². The Hall–Kier alpha value is -2.48. The van der Waals surface area contributed by atoms with Gasteiger partial charge in [-0.3, -0.25) is 14.5 Å². The molecule has 0 radical (unpaired) electrons. The Morgan fingerprint density at radius 3 is 3.05 bits per heavy atom. The minimum absolute atomic E-state index is 0.236. The highest BCUT2D eigenvalue weighted by Gasteiger charge is 2.32. The highest BCUT2D eigenvalue weighted by atomic mass is 16.5. The monoisotopic (exact) mass is 289 g/mol. The van der Waals surface area contributed by atoms with Crippen LogP contribution in [0.25, 0.3) is 0 Å². The molecule has 21 heavy (non-hydrogen) atoms. The minimum atomic E-state index is -0.293. The third kappa shape index (κ3) is 3.16. The van der Waals surface area contributed by atoms with Gasteiger partial charge in [0.2, 0.25) is 0 Å². The highest BCUT2D eigenvalue weighted by Crippen LogP contribution is 2.16. The summed E-state index contributed by atoms with van der Waals surface area (Å²) < 4.78 is 12.8. The van der Waals surface area contributed by atoms with Crippen molar-refractivity contribution in [2.24, 2.45) is 7.05 Å². The average molecular weight is 289 g/mol. The fraction of sp³-hybridized carbons (Fsp3) is 0.385. The van der Waals surface area contributed by atoms with Crippen LogP contribution < -0.4 is 10.1 Å². The minimum Gasteiger partial charge on any atom is -0.482 e. The summed E-state index contributed by atoms with van der Waals surface area (Å²) in [6.07, 6.45) is 7.55. The molecule has 1 aliphatic rings. The maximum atomic E-state index is 12.1. The Balaban J connectivity index is 1.63. The number of hydrogen-bond acceptors (Lipinski definition) is 6. The van der Waals surface area contributed by atoms with E-state index in [0.717, 1.165) is 0 Å². The maximum Gasteiger partial charge on any atom is 0.271 e. The summed E-state index contributed by atoms with van der Waals surface area (Å²) >= 11 is 0. The normalized spacial score (nSPS) is 21.2. The van der Waals surface area contributed by atoms with Crippen molar-refractivity contribution in [1.29, 1.82) is 0 Å². The molecule has 0 aliphatic carbocycles. The Kier molecular flexibility index (Phi) is 3.78. The van der Waals surface area contributed by atoms with Crippen LogP contribution in [0.4, 0.5) is 0 Å². The molecule has 2 aromatic rings. The molecule has 2 atom stereocenters. The summed E-state index contributed by atoms with van der Waals surface area (Å²) in [7, 11) is 1.81. The Bertz CT molecular complexity index is 615. The smallest absolute Gasteiger partial charge is 0.271 e. The molecule has 1 saturated heterocycles. The molecule has 0 spiro atoms. The Morgan fingerprint density at radius 1 is 1.43 bits per heavy atom. The standard InChI is InChI=1S/C13H15N5O3/c1-18-6-9(4-16-18)21-12-8-20-7-11(12)17-13(19)10-5-14-2-3-15-10/h2-6,11-12H,7-8H2,1H3,(H,17,19)/t11-,12+/m0/s1. The van der Waals surface area contributed by atoms with Gasteiger partial charge in [-0.05, 0) is 0 Å². The summed E-state index contributed by atoms with van der Waals surface area (Å²) in [5.74, 6) is 0.352. The van der Waals surface area contributed by atoms with Gasteiger partial charge < -0.3 is 14.8 Å². The second-order valence-electron chi connectivity index (χ2n) is 4.71. The number of carbonyl (C=O) groups excluding carboxylic acids is 1. The van der Waals surface area contributed by atoms with Crippen molar-refractivity contribution in [3.63, 3.8) is 0 Å². The highest BCUT2D eigenvalue weighted by molar-refractivity contribution is 5.92. The molecular formula is C13H15N5O3. The first-order valence-corrected chi connectivity index (χ1v) is 6.52. The van der Waals surface area contributed by atoms with Crippen LogP contribution in [0, 0.1) is 0 Å². The van der Waals surface area contributed by atoms with Crippen molar-refractivity contribution in [3.8, 4) is 5.75 Å². The molecule has 3 rings (SSSR count). The van der Waals surface area contributed by atoms with Crippen LogP contribution in [-0.4, -0.2) is 51.0 Å². The van der Waals surface area contributed by atoms with E-state index in [2.05, 4.69) is 20.4 Å². The zero-order valence-electron chi connectivity index (χ0n) is 11.5. The molecule has 1 aliphatic heterocycles. The largest absolute Gasteiger partial charge is 0.482 e. The van der Waals surface area contributed by atoms with Crippen LogP contribution >= 0.6 is 0 Å². The van der Waals surface area contributed by atoms with Gasteiger partial charge >= 0.3 is 0 Å². The van der Waals surface area contributed by atoms with Crippen molar-refractivity contribution in [2.45, 2.75) is 12.1 Å².